The van der Waals surface area contributed by atoms with E-state index in [0.29, 0.717) is 53.1 Å². The average Bonchev–Trinajstić information content (AvgIpc) is 3.47. The summed E-state index contributed by atoms with van der Waals surface area (Å²) in [6, 6.07) is 14.1. The highest BCUT2D eigenvalue weighted by molar-refractivity contribution is 6.31. The highest BCUT2D eigenvalue weighted by atomic mass is 35.5. The number of hydrogen-bond acceptors (Lipinski definition) is 5. The second-order valence-electron chi connectivity index (χ2n) is 7.88. The molecule has 4 aromatic rings. The van der Waals surface area contributed by atoms with Crippen molar-refractivity contribution in [3.63, 3.8) is 0 Å². The molecule has 0 atom stereocenters. The second kappa shape index (κ2) is 8.88. The van der Waals surface area contributed by atoms with Crippen LogP contribution in [-0.4, -0.2) is 51.0 Å². The molecule has 1 saturated heterocycles. The summed E-state index contributed by atoms with van der Waals surface area (Å²) in [6.45, 7) is 0.954. The van der Waals surface area contributed by atoms with Crippen molar-refractivity contribution in [3.05, 3.63) is 70.2 Å². The summed E-state index contributed by atoms with van der Waals surface area (Å²) in [6.07, 6.45) is 1.25. The van der Waals surface area contributed by atoms with E-state index in [2.05, 4.69) is 20.4 Å². The molecule has 168 valence electrons. The van der Waals surface area contributed by atoms with Crippen molar-refractivity contribution in [1.82, 2.24) is 25.3 Å². The van der Waals surface area contributed by atoms with E-state index in [1.165, 1.54) is 0 Å². The van der Waals surface area contributed by atoms with E-state index < -0.39 is 0 Å². The third kappa shape index (κ3) is 4.58. The molecule has 2 aromatic carbocycles. The van der Waals surface area contributed by atoms with Crippen molar-refractivity contribution >= 4 is 45.9 Å². The molecule has 0 radical (unpaired) electrons. The molecule has 10 heteroatoms. The van der Waals surface area contributed by atoms with Crippen LogP contribution in [0.25, 0.3) is 22.3 Å². The quantitative estimate of drug-likeness (QED) is 0.442. The van der Waals surface area contributed by atoms with Crippen LogP contribution in [0.2, 0.25) is 10.0 Å². The summed E-state index contributed by atoms with van der Waals surface area (Å²) < 4.78 is 5.18. The Labute approximate surface area is 198 Å². The fourth-order valence-corrected chi connectivity index (χ4v) is 4.18. The Kier molecular flexibility index (Phi) is 5.78. The first-order valence-corrected chi connectivity index (χ1v) is 11.2. The summed E-state index contributed by atoms with van der Waals surface area (Å²) in [5.74, 6) is -0.229. The predicted molar refractivity (Wildman–Crippen MR) is 124 cm³/mol. The van der Waals surface area contributed by atoms with Gasteiger partial charge in [-0.15, -0.1) is 0 Å². The van der Waals surface area contributed by atoms with E-state index in [-0.39, 0.29) is 23.7 Å². The number of halogens is 2. The summed E-state index contributed by atoms with van der Waals surface area (Å²) in [5.41, 5.74) is 2.04. The number of hydrogen-bond donors (Lipinski definition) is 2. The van der Waals surface area contributed by atoms with E-state index >= 15 is 0 Å². The lowest BCUT2D eigenvalue weighted by atomic mass is 10.0. The first kappa shape index (κ1) is 21.5. The van der Waals surface area contributed by atoms with Crippen LogP contribution in [-0.2, 0) is 0 Å². The van der Waals surface area contributed by atoms with Crippen LogP contribution in [0.3, 0.4) is 0 Å². The number of likely N-dealkylation sites (tertiary alicyclic amines) is 1. The molecule has 3 heterocycles. The van der Waals surface area contributed by atoms with E-state index in [1.807, 2.05) is 12.1 Å². The fraction of sp³-hybridized carbons (Fsp3) is 0.217. The van der Waals surface area contributed by atoms with Crippen molar-refractivity contribution in [1.29, 1.82) is 0 Å². The molecule has 1 aliphatic heterocycles. The van der Waals surface area contributed by atoms with Crippen LogP contribution in [0, 0.1) is 0 Å². The smallest absolute Gasteiger partial charge is 0.316 e. The van der Waals surface area contributed by atoms with Gasteiger partial charge in [-0.1, -0.05) is 28.4 Å². The third-order valence-electron chi connectivity index (χ3n) is 5.66. The van der Waals surface area contributed by atoms with Crippen molar-refractivity contribution < 1.29 is 14.1 Å². The van der Waals surface area contributed by atoms with Gasteiger partial charge in [-0.2, -0.15) is 4.98 Å². The maximum absolute atomic E-state index is 12.8. The van der Waals surface area contributed by atoms with Crippen LogP contribution >= 0.6 is 23.2 Å². The topological polar surface area (TPSA) is 104 Å². The van der Waals surface area contributed by atoms with Crippen molar-refractivity contribution in [3.8, 4) is 11.4 Å². The number of aromatic amines is 1. The Morgan fingerprint density at radius 3 is 2.52 bits per heavy atom. The highest BCUT2D eigenvalue weighted by Gasteiger charge is 2.28. The number of carbonyl (C=O) groups is 2. The molecule has 1 fully saturated rings. The molecule has 1 aliphatic rings. The molecule has 0 unspecified atom stereocenters. The number of amides is 2. The Morgan fingerprint density at radius 1 is 1.03 bits per heavy atom. The Balaban J connectivity index is 1.18. The first-order chi connectivity index (χ1) is 16.0. The number of nitrogens with zero attached hydrogens (tertiary/aromatic N) is 3. The number of H-pyrrole nitrogens is 1. The average molecular weight is 484 g/mol. The van der Waals surface area contributed by atoms with Gasteiger partial charge in [-0.25, -0.2) is 0 Å². The van der Waals surface area contributed by atoms with E-state index in [4.69, 9.17) is 27.7 Å². The number of fused-ring (bicyclic) bond motifs is 1. The maximum atomic E-state index is 12.8. The molecule has 2 amide bonds. The molecular weight excluding hydrogens is 465 g/mol. The standard InChI is InChI=1S/C23H19Cl2N5O3/c24-15-3-1-13(2-4-15)20-28-22(33-29-20)23(32)30-9-7-17(8-10-30)26-21(31)19-12-14-11-16(25)5-6-18(14)27-19/h1-6,11-12,17,27H,7-10H2,(H,26,31). The summed E-state index contributed by atoms with van der Waals surface area (Å²) >= 11 is 11.9. The van der Waals surface area contributed by atoms with Crippen molar-refractivity contribution in [2.24, 2.45) is 0 Å². The van der Waals surface area contributed by atoms with E-state index in [0.717, 1.165) is 10.9 Å². The van der Waals surface area contributed by atoms with Crippen molar-refractivity contribution in [2.45, 2.75) is 18.9 Å². The number of carbonyl (C=O) groups excluding carboxylic acids is 2. The van der Waals surface area contributed by atoms with E-state index in [9.17, 15) is 9.59 Å². The Hall–Kier alpha value is -3.36. The lowest BCUT2D eigenvalue weighted by Gasteiger charge is -2.31. The van der Waals surface area contributed by atoms with Crippen LogP contribution < -0.4 is 5.32 Å². The number of nitrogens with one attached hydrogen (secondary N) is 2. The molecule has 2 aromatic heterocycles. The molecule has 2 N–H and O–H groups in total. The van der Waals surface area contributed by atoms with Crippen LogP contribution in [0.15, 0.2) is 53.1 Å². The SMILES string of the molecule is O=C(NC1CCN(C(=O)c2nc(-c3ccc(Cl)cc3)no2)CC1)c1cc2cc(Cl)ccc2[nH]1. The zero-order valence-corrected chi connectivity index (χ0v) is 18.9. The van der Waals surface area contributed by atoms with Gasteiger partial charge >= 0.3 is 11.8 Å². The number of benzene rings is 2. The largest absolute Gasteiger partial charge is 0.351 e. The summed E-state index contributed by atoms with van der Waals surface area (Å²) in [7, 11) is 0. The maximum Gasteiger partial charge on any atom is 0.316 e. The molecule has 0 aliphatic carbocycles. The molecule has 0 spiro atoms. The van der Waals surface area contributed by atoms with Crippen LogP contribution in [0.4, 0.5) is 0 Å². The normalized spacial score (nSPS) is 14.5. The highest BCUT2D eigenvalue weighted by Crippen LogP contribution is 2.22. The van der Waals surface area contributed by atoms with Gasteiger partial charge in [0.05, 0.1) is 0 Å². The molecule has 8 nitrogen and oxygen atoms in total. The van der Waals surface area contributed by atoms with Gasteiger partial charge < -0.3 is 19.7 Å². The van der Waals surface area contributed by atoms with Gasteiger partial charge in [-0.3, -0.25) is 9.59 Å². The van der Waals surface area contributed by atoms with Gasteiger partial charge in [0.25, 0.3) is 5.91 Å². The van der Waals surface area contributed by atoms with Gasteiger partial charge in [0.15, 0.2) is 0 Å². The van der Waals surface area contributed by atoms with Gasteiger partial charge in [-0.05, 0) is 61.4 Å². The molecule has 0 saturated carbocycles. The predicted octanol–water partition coefficient (Wildman–Crippen LogP) is 4.56. The van der Waals surface area contributed by atoms with E-state index in [1.54, 1.807) is 41.3 Å². The Morgan fingerprint density at radius 2 is 1.76 bits per heavy atom. The minimum absolute atomic E-state index is 0.0381. The van der Waals surface area contributed by atoms with Crippen molar-refractivity contribution in [2.75, 3.05) is 13.1 Å². The zero-order valence-electron chi connectivity index (χ0n) is 17.3. The van der Waals surface area contributed by atoms with Crippen LogP contribution in [0.5, 0.6) is 0 Å². The van der Waals surface area contributed by atoms with Gasteiger partial charge in [0.1, 0.15) is 5.69 Å². The fourth-order valence-electron chi connectivity index (χ4n) is 3.88. The summed E-state index contributed by atoms with van der Waals surface area (Å²) in [4.78, 5) is 34.4. The molecular formula is C23H19Cl2N5O3. The van der Waals surface area contributed by atoms with Crippen LogP contribution in [0.1, 0.15) is 34.0 Å². The zero-order chi connectivity index (χ0) is 22.9. The lowest BCUT2D eigenvalue weighted by Crippen LogP contribution is -2.46. The third-order valence-corrected chi connectivity index (χ3v) is 6.14. The first-order valence-electron chi connectivity index (χ1n) is 10.4. The minimum atomic E-state index is -0.319. The molecule has 33 heavy (non-hydrogen) atoms. The van der Waals surface area contributed by atoms with Gasteiger partial charge in [0.2, 0.25) is 5.82 Å². The van der Waals surface area contributed by atoms with Gasteiger partial charge in [0, 0.05) is 45.6 Å². The molecule has 5 rings (SSSR count). The lowest BCUT2D eigenvalue weighted by molar-refractivity contribution is 0.0650. The minimum Gasteiger partial charge on any atom is -0.351 e. The monoisotopic (exact) mass is 483 g/mol. The molecule has 0 bridgehead atoms. The second-order valence-corrected chi connectivity index (χ2v) is 8.76. The Bertz CT molecular complexity index is 1320. The number of piperidine rings is 1. The number of rotatable bonds is 4. The number of aromatic nitrogens is 3. The summed E-state index contributed by atoms with van der Waals surface area (Å²) in [5, 5.41) is 9.03.